The van der Waals surface area contributed by atoms with Gasteiger partial charge in [0.15, 0.2) is 5.60 Å². The Labute approximate surface area is 126 Å². The summed E-state index contributed by atoms with van der Waals surface area (Å²) in [6.45, 7) is 1.56. The van der Waals surface area contributed by atoms with Crippen molar-refractivity contribution in [1.29, 1.82) is 0 Å². The summed E-state index contributed by atoms with van der Waals surface area (Å²) in [6.07, 6.45) is 0. The smallest absolute Gasteiger partial charge is 0.380 e. The lowest BCUT2D eigenvalue weighted by molar-refractivity contribution is -0.200. The molecule has 0 spiro atoms. The van der Waals surface area contributed by atoms with Crippen LogP contribution >= 0.6 is 22.6 Å². The molecular weight excluding hydrogens is 389 g/mol. The minimum Gasteiger partial charge on any atom is -0.507 e. The Morgan fingerprint density at radius 3 is 2.30 bits per heavy atom. The highest BCUT2D eigenvalue weighted by Gasteiger charge is 2.57. The predicted molar refractivity (Wildman–Crippen MR) is 72.9 cm³/mol. The predicted octanol–water partition coefficient (Wildman–Crippen LogP) is 2.65. The number of hydrogen-bond donors (Lipinski definition) is 2. The lowest BCUT2D eigenvalue weighted by Gasteiger charge is -2.30. The van der Waals surface area contributed by atoms with Crippen molar-refractivity contribution in [3.63, 3.8) is 0 Å². The van der Waals surface area contributed by atoms with Gasteiger partial charge in [0.1, 0.15) is 11.3 Å². The Balaban J connectivity index is 3.03. The monoisotopic (exact) mass is 400 g/mol. The normalized spacial score (nSPS) is 12.1. The number of aromatic hydroxyl groups is 1. The van der Waals surface area contributed by atoms with Crippen LogP contribution < -0.4 is 0 Å². The summed E-state index contributed by atoms with van der Waals surface area (Å²) in [5.41, 5.74) is -2.88. The number of halogens is 3. The van der Waals surface area contributed by atoms with E-state index in [-0.39, 0.29) is 5.56 Å². The molecule has 0 radical (unpaired) electrons. The van der Waals surface area contributed by atoms with Crippen LogP contribution in [0.1, 0.15) is 24.2 Å². The number of carboxylic acids is 1. The summed E-state index contributed by atoms with van der Waals surface area (Å²) in [4.78, 5) is 22.3. The number of aliphatic carboxylic acids is 1. The van der Waals surface area contributed by atoms with Gasteiger partial charge in [0.25, 0.3) is 0 Å². The summed E-state index contributed by atoms with van der Waals surface area (Å²) < 4.78 is 32.0. The second kappa shape index (κ2) is 5.51. The van der Waals surface area contributed by atoms with Crippen molar-refractivity contribution < 1.29 is 33.3 Å². The quantitative estimate of drug-likeness (QED) is 0.600. The third-order valence-electron chi connectivity index (χ3n) is 2.55. The fourth-order valence-electron chi connectivity index (χ4n) is 1.29. The number of phenols is 1. The molecule has 8 heteroatoms. The fourth-order valence-corrected chi connectivity index (χ4v) is 1.76. The molecule has 0 bridgehead atoms. The number of alkyl halides is 2. The van der Waals surface area contributed by atoms with Gasteiger partial charge in [-0.05, 0) is 54.6 Å². The van der Waals surface area contributed by atoms with Gasteiger partial charge in [-0.2, -0.15) is 8.78 Å². The number of hydrogen-bond acceptors (Lipinski definition) is 4. The summed E-state index contributed by atoms with van der Waals surface area (Å²) >= 11 is 1.89. The molecule has 110 valence electrons. The van der Waals surface area contributed by atoms with Crippen LogP contribution in [-0.4, -0.2) is 33.7 Å². The van der Waals surface area contributed by atoms with E-state index in [0.29, 0.717) is 3.57 Å². The average Bonchev–Trinajstić information content (AvgIpc) is 2.27. The van der Waals surface area contributed by atoms with Gasteiger partial charge in [0.2, 0.25) is 0 Å². The largest absolute Gasteiger partial charge is 0.507 e. The van der Waals surface area contributed by atoms with Crippen molar-refractivity contribution in [1.82, 2.24) is 0 Å². The lowest BCUT2D eigenvalue weighted by atomic mass is 10.0. The summed E-state index contributed by atoms with van der Waals surface area (Å²) in [7, 11) is 0. The molecule has 0 amide bonds. The first-order chi connectivity index (χ1) is 8.99. The Bertz CT molecular complexity index is 557. The first kappa shape index (κ1) is 16.6. The van der Waals surface area contributed by atoms with E-state index in [0.717, 1.165) is 13.8 Å². The zero-order valence-electron chi connectivity index (χ0n) is 10.5. The highest BCUT2D eigenvalue weighted by molar-refractivity contribution is 14.1. The first-order valence-electron chi connectivity index (χ1n) is 5.32. The van der Waals surface area contributed by atoms with Gasteiger partial charge in [-0.1, -0.05) is 0 Å². The van der Waals surface area contributed by atoms with E-state index in [1.807, 2.05) is 22.6 Å². The van der Waals surface area contributed by atoms with Crippen LogP contribution in [0.5, 0.6) is 5.75 Å². The Hall–Kier alpha value is -1.45. The van der Waals surface area contributed by atoms with Crippen LogP contribution in [0.2, 0.25) is 0 Å². The molecular formula is C12H11F2IO5. The van der Waals surface area contributed by atoms with Crippen LogP contribution in [0.3, 0.4) is 0 Å². The van der Waals surface area contributed by atoms with Gasteiger partial charge in [-0.3, -0.25) is 0 Å². The highest BCUT2D eigenvalue weighted by Crippen LogP contribution is 2.33. The SMILES string of the molecule is CC(C)(OC(=O)c1ccc(I)cc1O)C(F)(F)C(=O)O. The van der Waals surface area contributed by atoms with Crippen molar-refractivity contribution in [2.24, 2.45) is 0 Å². The van der Waals surface area contributed by atoms with E-state index in [9.17, 15) is 23.5 Å². The van der Waals surface area contributed by atoms with Crippen molar-refractivity contribution in [3.8, 4) is 5.75 Å². The van der Waals surface area contributed by atoms with E-state index < -0.39 is 29.2 Å². The molecule has 0 aromatic heterocycles. The molecule has 20 heavy (non-hydrogen) atoms. The second-order valence-electron chi connectivity index (χ2n) is 4.44. The fraction of sp³-hybridized carbons (Fsp3) is 0.333. The minimum absolute atomic E-state index is 0.320. The Morgan fingerprint density at radius 2 is 1.85 bits per heavy atom. The summed E-state index contributed by atoms with van der Waals surface area (Å²) in [5, 5.41) is 18.0. The van der Waals surface area contributed by atoms with Crippen LogP contribution in [0.4, 0.5) is 8.78 Å². The van der Waals surface area contributed by atoms with Crippen molar-refractivity contribution in [3.05, 3.63) is 27.3 Å². The second-order valence-corrected chi connectivity index (χ2v) is 5.69. The molecule has 0 saturated carbocycles. The minimum atomic E-state index is -4.26. The first-order valence-corrected chi connectivity index (χ1v) is 6.40. The van der Waals surface area contributed by atoms with Crippen LogP contribution in [0, 0.1) is 3.57 Å². The lowest BCUT2D eigenvalue weighted by Crippen LogP contribution is -2.51. The Kier molecular flexibility index (Phi) is 4.57. The maximum atomic E-state index is 13.4. The molecule has 0 aliphatic heterocycles. The van der Waals surface area contributed by atoms with E-state index in [2.05, 4.69) is 4.74 Å². The van der Waals surface area contributed by atoms with Gasteiger partial charge in [-0.15, -0.1) is 0 Å². The molecule has 0 atom stereocenters. The van der Waals surface area contributed by atoms with Gasteiger partial charge < -0.3 is 14.9 Å². The number of carbonyl (C=O) groups excluding carboxylic acids is 1. The average molecular weight is 400 g/mol. The van der Waals surface area contributed by atoms with Crippen molar-refractivity contribution in [2.45, 2.75) is 25.4 Å². The highest BCUT2D eigenvalue weighted by atomic mass is 127. The molecule has 1 rings (SSSR count). The van der Waals surface area contributed by atoms with Gasteiger partial charge >= 0.3 is 17.9 Å². The van der Waals surface area contributed by atoms with Gasteiger partial charge in [0.05, 0.1) is 0 Å². The molecule has 1 aromatic carbocycles. The van der Waals surface area contributed by atoms with Gasteiger partial charge in [-0.25, -0.2) is 9.59 Å². The molecule has 0 aliphatic carbocycles. The molecule has 1 aromatic rings. The number of phenolic OH excluding ortho intramolecular Hbond substituents is 1. The molecule has 0 unspecified atom stereocenters. The van der Waals surface area contributed by atoms with Crippen molar-refractivity contribution in [2.75, 3.05) is 0 Å². The summed E-state index contributed by atoms with van der Waals surface area (Å²) in [6, 6.07) is 3.92. The van der Waals surface area contributed by atoms with Crippen molar-refractivity contribution >= 4 is 34.5 Å². The summed E-state index contributed by atoms with van der Waals surface area (Å²) in [5.74, 6) is -8.33. The van der Waals surface area contributed by atoms with Crippen LogP contribution in [0.15, 0.2) is 18.2 Å². The van der Waals surface area contributed by atoms with Gasteiger partial charge in [0, 0.05) is 3.57 Å². The zero-order chi connectivity index (χ0) is 15.7. The van der Waals surface area contributed by atoms with E-state index in [1.54, 1.807) is 0 Å². The van der Waals surface area contributed by atoms with Crippen LogP contribution in [0.25, 0.3) is 0 Å². The zero-order valence-corrected chi connectivity index (χ0v) is 12.6. The maximum Gasteiger partial charge on any atom is 0.380 e. The number of esters is 1. The molecule has 0 heterocycles. The number of carboxylic acid groups (broad SMARTS) is 1. The third-order valence-corrected chi connectivity index (χ3v) is 3.22. The molecule has 2 N–H and O–H groups in total. The van der Waals surface area contributed by atoms with Crippen LogP contribution in [-0.2, 0) is 9.53 Å². The third kappa shape index (κ3) is 3.17. The van der Waals surface area contributed by atoms with E-state index in [1.165, 1.54) is 18.2 Å². The maximum absolute atomic E-state index is 13.4. The van der Waals surface area contributed by atoms with E-state index in [4.69, 9.17) is 5.11 Å². The molecule has 0 aliphatic rings. The topological polar surface area (TPSA) is 83.8 Å². The Morgan fingerprint density at radius 1 is 1.30 bits per heavy atom. The number of rotatable bonds is 4. The number of benzene rings is 1. The molecule has 0 saturated heterocycles. The standard InChI is InChI=1S/C12H11F2IO5/c1-11(2,12(13,14)10(18)19)20-9(17)7-4-3-6(15)5-8(7)16/h3-5,16H,1-2H3,(H,18,19). The molecule has 0 fully saturated rings. The number of ether oxygens (including phenoxy) is 1. The molecule has 5 nitrogen and oxygen atoms in total. The van der Waals surface area contributed by atoms with E-state index >= 15 is 0 Å². The number of carbonyl (C=O) groups is 2.